The van der Waals surface area contributed by atoms with Gasteiger partial charge in [0.05, 0.1) is 30.0 Å². The number of allylic oxidation sites excluding steroid dienone is 1. The summed E-state index contributed by atoms with van der Waals surface area (Å²) in [7, 11) is 3.60. The van der Waals surface area contributed by atoms with Crippen LogP contribution in [-0.2, 0) is 24.8 Å². The van der Waals surface area contributed by atoms with Crippen LogP contribution in [0.4, 0.5) is 0 Å². The van der Waals surface area contributed by atoms with Gasteiger partial charge in [0.25, 0.3) is 0 Å². The van der Waals surface area contributed by atoms with Crippen LogP contribution in [0.2, 0.25) is 0 Å². The first-order valence-corrected chi connectivity index (χ1v) is 11.9. The Bertz CT molecular complexity index is 1360. The third kappa shape index (κ3) is 4.32. The summed E-state index contributed by atoms with van der Waals surface area (Å²) in [5, 5.41) is 1.19. The largest absolute Gasteiger partial charge is 0.494 e. The average molecular weight is 460 g/mol. The van der Waals surface area contributed by atoms with Gasteiger partial charge in [-0.05, 0) is 62.9 Å². The predicted molar refractivity (Wildman–Crippen MR) is 138 cm³/mol. The summed E-state index contributed by atoms with van der Waals surface area (Å²) in [6.07, 6.45) is 4.69. The van der Waals surface area contributed by atoms with Gasteiger partial charge in [0, 0.05) is 24.5 Å². The van der Waals surface area contributed by atoms with Crippen LogP contribution in [0.15, 0.2) is 49.1 Å². The molecule has 2 aromatic heterocycles. The van der Waals surface area contributed by atoms with Crippen LogP contribution in [0.5, 0.6) is 5.75 Å². The monoisotopic (exact) mass is 459 g/mol. The number of aromatic nitrogens is 3. The zero-order valence-electron chi connectivity index (χ0n) is 20.7. The maximum atomic E-state index is 12.6. The number of carbonyl (C=O) groups excluding carboxylic acids is 1. The molecule has 0 amide bonds. The average Bonchev–Trinajstić information content (AvgIpc) is 3.35. The van der Waals surface area contributed by atoms with E-state index in [4.69, 9.17) is 14.5 Å². The third-order valence-electron chi connectivity index (χ3n) is 6.13. The van der Waals surface area contributed by atoms with Crippen LogP contribution < -0.4 is 4.74 Å². The maximum absolute atomic E-state index is 12.6. The molecule has 6 nitrogen and oxygen atoms in total. The highest BCUT2D eigenvalue weighted by Gasteiger charge is 2.21. The van der Waals surface area contributed by atoms with Gasteiger partial charge in [0.2, 0.25) is 0 Å². The maximum Gasteiger partial charge on any atom is 0.338 e. The molecule has 0 unspecified atom stereocenters. The zero-order valence-corrected chi connectivity index (χ0v) is 20.7. The van der Waals surface area contributed by atoms with Crippen molar-refractivity contribution in [1.82, 2.24) is 14.1 Å². The minimum atomic E-state index is -0.381. The molecular weight excluding hydrogens is 426 g/mol. The number of hydrogen-bond donors (Lipinski definition) is 0. The summed E-state index contributed by atoms with van der Waals surface area (Å²) in [6.45, 7) is 10.6. The van der Waals surface area contributed by atoms with Crippen molar-refractivity contribution in [3.63, 3.8) is 0 Å². The minimum absolute atomic E-state index is 0.201. The van der Waals surface area contributed by atoms with Gasteiger partial charge in [-0.15, -0.1) is 6.58 Å². The lowest BCUT2D eigenvalue weighted by atomic mass is 10.1. The van der Waals surface area contributed by atoms with E-state index in [1.807, 2.05) is 31.5 Å². The second-order valence-electron chi connectivity index (χ2n) is 8.85. The first kappa shape index (κ1) is 23.6. The van der Waals surface area contributed by atoms with Crippen molar-refractivity contribution in [3.8, 4) is 17.3 Å². The van der Waals surface area contributed by atoms with Crippen LogP contribution in [0, 0.1) is 0 Å². The molecular formula is C28H33N3O3. The first-order chi connectivity index (χ1) is 16.4. The van der Waals surface area contributed by atoms with E-state index in [1.165, 1.54) is 16.5 Å². The van der Waals surface area contributed by atoms with E-state index >= 15 is 0 Å². The fraction of sp³-hybridized carbons (Fsp3) is 0.357. The van der Waals surface area contributed by atoms with Crippen LogP contribution in [0.3, 0.4) is 0 Å². The van der Waals surface area contributed by atoms with Gasteiger partial charge in [0.15, 0.2) is 5.82 Å². The molecule has 4 rings (SSSR count). The Kier molecular flexibility index (Phi) is 6.77. The second kappa shape index (κ2) is 9.75. The topological polar surface area (TPSA) is 58.3 Å². The number of fused-ring (bicyclic) bond motifs is 2. The van der Waals surface area contributed by atoms with Crippen LogP contribution in [0.25, 0.3) is 33.5 Å². The summed E-state index contributed by atoms with van der Waals surface area (Å²) in [5.74, 6) is 1.04. The number of methoxy groups -OCH3 is 1. The van der Waals surface area contributed by atoms with Crippen molar-refractivity contribution in [1.29, 1.82) is 0 Å². The molecule has 0 aliphatic carbocycles. The van der Waals surface area contributed by atoms with Crippen LogP contribution in [0.1, 0.15) is 49.5 Å². The molecule has 0 N–H and O–H groups in total. The Morgan fingerprint density at radius 2 is 2.00 bits per heavy atom. The van der Waals surface area contributed by atoms with Crippen molar-refractivity contribution >= 4 is 27.9 Å². The van der Waals surface area contributed by atoms with E-state index in [2.05, 4.69) is 42.3 Å². The number of rotatable bonds is 9. The van der Waals surface area contributed by atoms with E-state index in [-0.39, 0.29) is 12.1 Å². The highest BCUT2D eigenvalue weighted by molar-refractivity contribution is 5.97. The van der Waals surface area contributed by atoms with E-state index in [0.717, 1.165) is 42.8 Å². The molecule has 0 bridgehead atoms. The number of unbranched alkanes of at least 4 members (excludes halogenated alkanes) is 1. The highest BCUT2D eigenvalue weighted by Crippen LogP contribution is 2.35. The Morgan fingerprint density at radius 1 is 1.21 bits per heavy atom. The molecule has 0 spiro atoms. The SMILES string of the molecule is C=CCCCn1c(-c2nc3cc(C(=O)OC(C)C)cc(OC)c3n2C)cc2ccc(CC)cc21. The van der Waals surface area contributed by atoms with Crippen LogP contribution in [-0.4, -0.2) is 33.3 Å². The number of ether oxygens (including phenoxy) is 2. The number of hydrogen-bond acceptors (Lipinski definition) is 4. The first-order valence-electron chi connectivity index (χ1n) is 11.9. The van der Waals surface area contributed by atoms with E-state index in [1.54, 1.807) is 19.2 Å². The molecule has 0 saturated heterocycles. The number of esters is 1. The lowest BCUT2D eigenvalue weighted by Gasteiger charge is -2.12. The van der Waals surface area contributed by atoms with E-state index in [9.17, 15) is 4.79 Å². The number of benzene rings is 2. The Hall–Kier alpha value is -3.54. The molecule has 0 radical (unpaired) electrons. The number of imidazole rings is 1. The van der Waals surface area contributed by atoms with Crippen molar-refractivity contribution in [2.45, 2.75) is 52.7 Å². The lowest BCUT2D eigenvalue weighted by molar-refractivity contribution is 0.0377. The number of nitrogens with zero attached hydrogens (tertiary/aromatic N) is 3. The quantitative estimate of drug-likeness (QED) is 0.167. The number of carbonyl (C=O) groups is 1. The van der Waals surface area contributed by atoms with E-state index < -0.39 is 0 Å². The molecule has 2 heterocycles. The van der Waals surface area contributed by atoms with Crippen LogP contribution >= 0.6 is 0 Å². The Labute approximate surface area is 200 Å². The molecule has 0 atom stereocenters. The van der Waals surface area contributed by atoms with Crippen molar-refractivity contribution in [3.05, 3.63) is 60.2 Å². The standard InChI is InChI=1S/C28H33N3O3/c1-7-9-10-13-31-23-14-19(8-2)11-12-20(23)16-24(31)27-29-22-15-21(28(32)34-18(3)4)17-25(33-6)26(22)30(27)5/h7,11-12,14-18H,1,8-10,13H2,2-6H3. The predicted octanol–water partition coefficient (Wildman–Crippen LogP) is 6.30. The zero-order chi connectivity index (χ0) is 24.4. The smallest absolute Gasteiger partial charge is 0.338 e. The van der Waals surface area contributed by atoms with Gasteiger partial charge >= 0.3 is 5.97 Å². The molecule has 0 fully saturated rings. The molecule has 4 aromatic rings. The van der Waals surface area contributed by atoms with E-state index in [0.29, 0.717) is 16.8 Å². The molecule has 6 heteroatoms. The van der Waals surface area contributed by atoms with Crippen molar-refractivity contribution < 1.29 is 14.3 Å². The van der Waals surface area contributed by atoms with Gasteiger partial charge in [0.1, 0.15) is 11.3 Å². The fourth-order valence-electron chi connectivity index (χ4n) is 4.44. The van der Waals surface area contributed by atoms with Gasteiger partial charge in [-0.2, -0.15) is 0 Å². The van der Waals surface area contributed by atoms with Gasteiger partial charge < -0.3 is 18.6 Å². The van der Waals surface area contributed by atoms with Crippen molar-refractivity contribution in [2.75, 3.05) is 7.11 Å². The Balaban J connectivity index is 1.91. The summed E-state index contributed by atoms with van der Waals surface area (Å²) >= 11 is 0. The molecule has 0 saturated carbocycles. The summed E-state index contributed by atoms with van der Waals surface area (Å²) in [6, 6.07) is 12.4. The minimum Gasteiger partial charge on any atom is -0.494 e. The van der Waals surface area contributed by atoms with Gasteiger partial charge in [-0.1, -0.05) is 25.1 Å². The molecule has 0 aliphatic rings. The molecule has 2 aromatic carbocycles. The Morgan fingerprint density at radius 3 is 2.68 bits per heavy atom. The fourth-order valence-corrected chi connectivity index (χ4v) is 4.44. The lowest BCUT2D eigenvalue weighted by Crippen LogP contribution is -2.11. The summed E-state index contributed by atoms with van der Waals surface area (Å²) in [4.78, 5) is 17.6. The summed E-state index contributed by atoms with van der Waals surface area (Å²) < 4.78 is 15.5. The summed E-state index contributed by atoms with van der Waals surface area (Å²) in [5.41, 5.74) is 5.53. The van der Waals surface area contributed by atoms with Crippen molar-refractivity contribution in [2.24, 2.45) is 7.05 Å². The third-order valence-corrected chi connectivity index (χ3v) is 6.13. The molecule has 34 heavy (non-hydrogen) atoms. The second-order valence-corrected chi connectivity index (χ2v) is 8.85. The van der Waals surface area contributed by atoms with Gasteiger partial charge in [-0.3, -0.25) is 0 Å². The number of aryl methyl sites for hydroxylation is 3. The molecule has 0 aliphatic heterocycles. The van der Waals surface area contributed by atoms with Gasteiger partial charge in [-0.25, -0.2) is 9.78 Å². The molecule has 178 valence electrons. The highest BCUT2D eigenvalue weighted by atomic mass is 16.5. The normalized spacial score (nSPS) is 11.5.